The Morgan fingerprint density at radius 1 is 1.44 bits per heavy atom. The predicted octanol–water partition coefficient (Wildman–Crippen LogP) is 1.91. The maximum atomic E-state index is 6.19. The van der Waals surface area contributed by atoms with Crippen LogP contribution in [0, 0.1) is 5.41 Å². The largest absolute Gasteiger partial charge is 0.385 e. The molecule has 3 N–H and O–H groups in total. The summed E-state index contributed by atoms with van der Waals surface area (Å²) in [7, 11) is 1.78. The number of nitrogens with two attached hydrogens (primary N) is 1. The Morgan fingerprint density at radius 2 is 2.12 bits per heavy atom. The molecule has 0 saturated heterocycles. The highest BCUT2D eigenvalue weighted by molar-refractivity contribution is 4.95. The predicted molar refractivity (Wildman–Crippen MR) is 68.5 cm³/mol. The van der Waals surface area contributed by atoms with Crippen molar-refractivity contribution in [2.45, 2.75) is 51.5 Å². The van der Waals surface area contributed by atoms with Gasteiger partial charge in [0.05, 0.1) is 0 Å². The number of rotatable bonds is 9. The molecule has 0 bridgehead atoms. The molecule has 1 fully saturated rings. The summed E-state index contributed by atoms with van der Waals surface area (Å²) in [6.45, 7) is 7.24. The van der Waals surface area contributed by atoms with E-state index < -0.39 is 0 Å². The first kappa shape index (κ1) is 13.9. The Balaban J connectivity index is 2.15. The lowest BCUT2D eigenvalue weighted by molar-refractivity contribution is 0.170. The molecule has 0 radical (unpaired) electrons. The fraction of sp³-hybridized carbons (Fsp3) is 1.00. The first-order valence-corrected chi connectivity index (χ1v) is 6.52. The lowest BCUT2D eigenvalue weighted by Crippen LogP contribution is -2.47. The number of hydrogen-bond acceptors (Lipinski definition) is 3. The van der Waals surface area contributed by atoms with Crippen molar-refractivity contribution in [1.29, 1.82) is 0 Å². The van der Waals surface area contributed by atoms with Gasteiger partial charge in [0.25, 0.3) is 0 Å². The van der Waals surface area contributed by atoms with Crippen molar-refractivity contribution in [2.24, 2.45) is 11.1 Å². The van der Waals surface area contributed by atoms with Crippen LogP contribution in [-0.4, -0.2) is 32.3 Å². The van der Waals surface area contributed by atoms with E-state index in [0.717, 1.165) is 32.5 Å². The molecule has 16 heavy (non-hydrogen) atoms. The average Bonchev–Trinajstić information content (AvgIpc) is 2.95. The smallest absolute Gasteiger partial charge is 0.0468 e. The topological polar surface area (TPSA) is 47.3 Å². The molecule has 1 saturated carbocycles. The second-order valence-corrected chi connectivity index (χ2v) is 5.75. The second-order valence-electron chi connectivity index (χ2n) is 5.75. The minimum atomic E-state index is -0.0495. The van der Waals surface area contributed by atoms with E-state index in [2.05, 4.69) is 19.2 Å². The minimum absolute atomic E-state index is 0.0495. The van der Waals surface area contributed by atoms with Crippen molar-refractivity contribution >= 4 is 0 Å². The highest BCUT2D eigenvalue weighted by Gasteiger charge is 2.41. The van der Waals surface area contributed by atoms with Crippen LogP contribution in [0.2, 0.25) is 0 Å². The van der Waals surface area contributed by atoms with Gasteiger partial charge in [0.2, 0.25) is 0 Å². The first-order valence-electron chi connectivity index (χ1n) is 6.52. The van der Waals surface area contributed by atoms with E-state index in [-0.39, 0.29) is 5.54 Å². The summed E-state index contributed by atoms with van der Waals surface area (Å²) in [5.74, 6) is 0. The third kappa shape index (κ3) is 4.81. The molecule has 0 aromatic carbocycles. The third-order valence-electron chi connectivity index (χ3n) is 3.64. The monoisotopic (exact) mass is 228 g/mol. The molecule has 0 amide bonds. The quantitative estimate of drug-likeness (QED) is 0.634. The molecule has 96 valence electrons. The molecule has 0 heterocycles. The van der Waals surface area contributed by atoms with E-state index in [1.165, 1.54) is 19.3 Å². The zero-order valence-corrected chi connectivity index (χ0v) is 11.1. The van der Waals surface area contributed by atoms with Crippen LogP contribution in [0.3, 0.4) is 0 Å². The van der Waals surface area contributed by atoms with Crippen molar-refractivity contribution in [3.63, 3.8) is 0 Å². The van der Waals surface area contributed by atoms with Crippen LogP contribution in [0.15, 0.2) is 0 Å². The first-order chi connectivity index (χ1) is 7.54. The standard InChI is InChI=1S/C13H28N2O/c1-4-5-12(2,14)10-15-11-13(6-7-13)8-9-16-3/h15H,4-11,14H2,1-3H3. The zero-order valence-electron chi connectivity index (χ0n) is 11.1. The van der Waals surface area contributed by atoms with Gasteiger partial charge >= 0.3 is 0 Å². The summed E-state index contributed by atoms with van der Waals surface area (Å²) in [5, 5.41) is 3.54. The fourth-order valence-corrected chi connectivity index (χ4v) is 2.28. The Bertz CT molecular complexity index is 200. The Kier molecular flexibility index (Phi) is 5.22. The molecule has 0 aromatic rings. The molecular weight excluding hydrogens is 200 g/mol. The molecule has 0 spiro atoms. The van der Waals surface area contributed by atoms with Gasteiger partial charge in [-0.25, -0.2) is 0 Å². The summed E-state index contributed by atoms with van der Waals surface area (Å²) in [6, 6.07) is 0. The van der Waals surface area contributed by atoms with Gasteiger partial charge < -0.3 is 15.8 Å². The Hall–Kier alpha value is -0.120. The van der Waals surface area contributed by atoms with Crippen molar-refractivity contribution in [2.75, 3.05) is 26.8 Å². The van der Waals surface area contributed by atoms with Gasteiger partial charge in [0, 0.05) is 32.3 Å². The number of nitrogens with one attached hydrogen (secondary N) is 1. The summed E-state index contributed by atoms with van der Waals surface area (Å²) in [4.78, 5) is 0. The SMILES string of the molecule is CCCC(C)(N)CNCC1(CCOC)CC1. The molecular formula is C13H28N2O. The van der Waals surface area contributed by atoms with Gasteiger partial charge in [0.1, 0.15) is 0 Å². The van der Waals surface area contributed by atoms with Gasteiger partial charge in [-0.05, 0) is 38.0 Å². The Morgan fingerprint density at radius 3 is 2.62 bits per heavy atom. The molecule has 1 aliphatic carbocycles. The van der Waals surface area contributed by atoms with Crippen LogP contribution < -0.4 is 11.1 Å². The summed E-state index contributed by atoms with van der Waals surface area (Å²) < 4.78 is 5.15. The van der Waals surface area contributed by atoms with Crippen LogP contribution in [-0.2, 0) is 4.74 Å². The zero-order chi connectivity index (χ0) is 12.1. The molecule has 1 aliphatic rings. The van der Waals surface area contributed by atoms with E-state index in [1.807, 2.05) is 0 Å². The molecule has 0 aromatic heterocycles. The average molecular weight is 228 g/mol. The molecule has 3 nitrogen and oxygen atoms in total. The van der Waals surface area contributed by atoms with Crippen LogP contribution in [0.4, 0.5) is 0 Å². The number of hydrogen-bond donors (Lipinski definition) is 2. The number of methoxy groups -OCH3 is 1. The lowest BCUT2D eigenvalue weighted by Gasteiger charge is -2.26. The highest BCUT2D eigenvalue weighted by Crippen LogP contribution is 2.48. The van der Waals surface area contributed by atoms with Gasteiger partial charge in [-0.2, -0.15) is 0 Å². The van der Waals surface area contributed by atoms with Crippen molar-refractivity contribution < 1.29 is 4.74 Å². The van der Waals surface area contributed by atoms with E-state index in [0.29, 0.717) is 5.41 Å². The van der Waals surface area contributed by atoms with E-state index in [9.17, 15) is 0 Å². The molecule has 1 atom stereocenters. The minimum Gasteiger partial charge on any atom is -0.385 e. The van der Waals surface area contributed by atoms with E-state index >= 15 is 0 Å². The number of ether oxygens (including phenoxy) is 1. The molecule has 1 unspecified atom stereocenters. The van der Waals surface area contributed by atoms with Crippen LogP contribution in [0.1, 0.15) is 46.0 Å². The van der Waals surface area contributed by atoms with Gasteiger partial charge in [-0.1, -0.05) is 13.3 Å². The van der Waals surface area contributed by atoms with E-state index in [1.54, 1.807) is 7.11 Å². The van der Waals surface area contributed by atoms with Crippen molar-refractivity contribution in [3.8, 4) is 0 Å². The lowest BCUT2D eigenvalue weighted by atomic mass is 9.96. The maximum absolute atomic E-state index is 6.19. The molecule has 1 rings (SSSR count). The fourth-order valence-electron chi connectivity index (χ4n) is 2.28. The van der Waals surface area contributed by atoms with Crippen molar-refractivity contribution in [1.82, 2.24) is 5.32 Å². The maximum Gasteiger partial charge on any atom is 0.0468 e. The van der Waals surface area contributed by atoms with Crippen LogP contribution in [0.5, 0.6) is 0 Å². The highest BCUT2D eigenvalue weighted by atomic mass is 16.5. The van der Waals surface area contributed by atoms with Gasteiger partial charge in [-0.15, -0.1) is 0 Å². The molecule has 3 heteroatoms. The Labute approximate surface area is 100 Å². The van der Waals surface area contributed by atoms with Crippen LogP contribution >= 0.6 is 0 Å². The third-order valence-corrected chi connectivity index (χ3v) is 3.64. The van der Waals surface area contributed by atoms with Crippen molar-refractivity contribution in [3.05, 3.63) is 0 Å². The van der Waals surface area contributed by atoms with Gasteiger partial charge in [0.15, 0.2) is 0 Å². The van der Waals surface area contributed by atoms with E-state index in [4.69, 9.17) is 10.5 Å². The molecule has 0 aliphatic heterocycles. The normalized spacial score (nSPS) is 21.8. The summed E-state index contributed by atoms with van der Waals surface area (Å²) in [5.41, 5.74) is 6.67. The summed E-state index contributed by atoms with van der Waals surface area (Å²) >= 11 is 0. The summed E-state index contributed by atoms with van der Waals surface area (Å²) in [6.07, 6.45) is 6.12. The van der Waals surface area contributed by atoms with Crippen LogP contribution in [0.25, 0.3) is 0 Å². The van der Waals surface area contributed by atoms with Gasteiger partial charge in [-0.3, -0.25) is 0 Å². The second kappa shape index (κ2) is 5.99.